The zero-order chi connectivity index (χ0) is 14.8. The van der Waals surface area contributed by atoms with Crippen LogP contribution in [0, 0.1) is 0 Å². The Hall–Kier alpha value is -3.15. The fourth-order valence-corrected chi connectivity index (χ4v) is 2.09. The van der Waals surface area contributed by atoms with Gasteiger partial charge in [0.1, 0.15) is 11.5 Å². The van der Waals surface area contributed by atoms with Gasteiger partial charge in [0.2, 0.25) is 0 Å². The Bertz CT molecular complexity index is 771. The number of nitrogen functional groups attached to an aromatic ring is 3. The first-order chi connectivity index (χ1) is 10.2. The van der Waals surface area contributed by atoms with E-state index in [1.165, 1.54) is 0 Å². The Morgan fingerprint density at radius 1 is 0.714 bits per heavy atom. The number of hydrogen-bond donors (Lipinski definition) is 3. The minimum Gasteiger partial charge on any atom is -0.396 e. The molecule has 3 aromatic rings. The standard InChI is InChI=1S/C15H14N6/c16-12-11(9-5-1-3-7-19-9)14(21-15(18)13(12)17)10-6-2-4-8-20-10/h1-8H,17H2,(H4,16,18,21). The molecular formula is C15H14N6. The average molecular weight is 278 g/mol. The molecule has 0 fully saturated rings. The lowest BCUT2D eigenvalue weighted by Crippen LogP contribution is -2.07. The minimum absolute atomic E-state index is 0.188. The summed E-state index contributed by atoms with van der Waals surface area (Å²) in [5.74, 6) is 0.188. The third-order valence-electron chi connectivity index (χ3n) is 3.13. The van der Waals surface area contributed by atoms with Gasteiger partial charge in [-0.25, -0.2) is 4.98 Å². The number of rotatable bonds is 2. The molecular weight excluding hydrogens is 264 g/mol. The van der Waals surface area contributed by atoms with E-state index in [-0.39, 0.29) is 11.5 Å². The van der Waals surface area contributed by atoms with E-state index in [9.17, 15) is 0 Å². The van der Waals surface area contributed by atoms with Gasteiger partial charge in [0, 0.05) is 12.4 Å². The number of pyridine rings is 3. The predicted molar refractivity (Wildman–Crippen MR) is 83.9 cm³/mol. The summed E-state index contributed by atoms with van der Waals surface area (Å²) >= 11 is 0. The third-order valence-corrected chi connectivity index (χ3v) is 3.13. The second-order valence-corrected chi connectivity index (χ2v) is 4.48. The van der Waals surface area contributed by atoms with Crippen LogP contribution in [0.1, 0.15) is 0 Å². The SMILES string of the molecule is Nc1nc(-c2ccccn2)c(-c2ccccn2)c(N)c1N. The lowest BCUT2D eigenvalue weighted by Gasteiger charge is -2.14. The zero-order valence-electron chi connectivity index (χ0n) is 11.2. The van der Waals surface area contributed by atoms with Gasteiger partial charge in [-0.2, -0.15) is 0 Å². The van der Waals surface area contributed by atoms with Crippen LogP contribution < -0.4 is 17.2 Å². The van der Waals surface area contributed by atoms with E-state index in [1.54, 1.807) is 12.4 Å². The summed E-state index contributed by atoms with van der Waals surface area (Å²) in [5.41, 5.74) is 21.1. The summed E-state index contributed by atoms with van der Waals surface area (Å²) in [5, 5.41) is 0. The maximum Gasteiger partial charge on any atom is 0.149 e. The van der Waals surface area contributed by atoms with Crippen molar-refractivity contribution in [1.82, 2.24) is 15.0 Å². The lowest BCUT2D eigenvalue weighted by molar-refractivity contribution is 1.24. The van der Waals surface area contributed by atoms with Crippen LogP contribution in [-0.2, 0) is 0 Å². The molecule has 0 bridgehead atoms. The second-order valence-electron chi connectivity index (χ2n) is 4.48. The molecule has 3 heterocycles. The van der Waals surface area contributed by atoms with Crippen LogP contribution in [0.25, 0.3) is 22.6 Å². The van der Waals surface area contributed by atoms with Crippen LogP contribution in [0.5, 0.6) is 0 Å². The number of anilines is 3. The van der Waals surface area contributed by atoms with E-state index in [0.717, 1.165) is 0 Å². The van der Waals surface area contributed by atoms with Crippen LogP contribution in [-0.4, -0.2) is 15.0 Å². The van der Waals surface area contributed by atoms with Crippen molar-refractivity contribution in [2.24, 2.45) is 0 Å². The highest BCUT2D eigenvalue weighted by Crippen LogP contribution is 2.38. The van der Waals surface area contributed by atoms with E-state index < -0.39 is 0 Å². The summed E-state index contributed by atoms with van der Waals surface area (Å²) in [6.45, 7) is 0. The molecule has 3 aromatic heterocycles. The smallest absolute Gasteiger partial charge is 0.149 e. The van der Waals surface area contributed by atoms with Gasteiger partial charge in [-0.1, -0.05) is 12.1 Å². The van der Waals surface area contributed by atoms with Gasteiger partial charge in [-0.05, 0) is 24.3 Å². The van der Waals surface area contributed by atoms with Gasteiger partial charge < -0.3 is 17.2 Å². The molecule has 0 unspecified atom stereocenters. The molecule has 0 saturated heterocycles. The maximum absolute atomic E-state index is 6.14. The Balaban J connectivity index is 2.34. The fourth-order valence-electron chi connectivity index (χ4n) is 2.09. The minimum atomic E-state index is 0.188. The first kappa shape index (κ1) is 12.9. The summed E-state index contributed by atoms with van der Waals surface area (Å²) in [4.78, 5) is 13.0. The monoisotopic (exact) mass is 278 g/mol. The van der Waals surface area contributed by atoms with E-state index >= 15 is 0 Å². The molecule has 0 aromatic carbocycles. The summed E-state index contributed by atoms with van der Waals surface area (Å²) < 4.78 is 0. The first-order valence-electron chi connectivity index (χ1n) is 6.35. The number of nitrogens with zero attached hydrogens (tertiary/aromatic N) is 3. The Kier molecular flexibility index (Phi) is 3.12. The molecule has 3 rings (SSSR count). The Morgan fingerprint density at radius 3 is 1.90 bits per heavy atom. The number of nitrogens with two attached hydrogens (primary N) is 3. The largest absolute Gasteiger partial charge is 0.396 e. The van der Waals surface area contributed by atoms with Gasteiger partial charge in [0.25, 0.3) is 0 Å². The van der Waals surface area contributed by atoms with Gasteiger partial charge in [-0.15, -0.1) is 0 Å². The molecule has 0 aliphatic rings. The topological polar surface area (TPSA) is 117 Å². The van der Waals surface area contributed by atoms with E-state index in [0.29, 0.717) is 28.3 Å². The highest BCUT2D eigenvalue weighted by atomic mass is 14.9. The molecule has 6 N–H and O–H groups in total. The molecule has 104 valence electrons. The molecule has 6 heteroatoms. The highest BCUT2D eigenvalue weighted by Gasteiger charge is 2.18. The highest BCUT2D eigenvalue weighted by molar-refractivity contribution is 5.95. The molecule has 0 aliphatic heterocycles. The van der Waals surface area contributed by atoms with E-state index in [2.05, 4.69) is 15.0 Å². The summed E-state index contributed by atoms with van der Waals surface area (Å²) in [7, 11) is 0. The normalized spacial score (nSPS) is 10.5. The predicted octanol–water partition coefficient (Wildman–Crippen LogP) is 1.95. The number of aromatic nitrogens is 3. The Labute approximate surface area is 121 Å². The molecule has 6 nitrogen and oxygen atoms in total. The van der Waals surface area contributed by atoms with Crippen molar-refractivity contribution in [3.05, 3.63) is 48.8 Å². The zero-order valence-corrected chi connectivity index (χ0v) is 11.2. The van der Waals surface area contributed by atoms with Crippen molar-refractivity contribution in [3.63, 3.8) is 0 Å². The molecule has 0 saturated carbocycles. The van der Waals surface area contributed by atoms with Crippen LogP contribution in [0.15, 0.2) is 48.8 Å². The first-order valence-corrected chi connectivity index (χ1v) is 6.35. The third kappa shape index (κ3) is 2.23. The molecule has 0 spiro atoms. The quantitative estimate of drug-likeness (QED) is 0.659. The van der Waals surface area contributed by atoms with Gasteiger partial charge >= 0.3 is 0 Å². The van der Waals surface area contributed by atoms with Crippen LogP contribution in [0.3, 0.4) is 0 Å². The Morgan fingerprint density at radius 2 is 1.33 bits per heavy atom. The summed E-state index contributed by atoms with van der Waals surface area (Å²) in [6, 6.07) is 11.1. The van der Waals surface area contributed by atoms with Crippen molar-refractivity contribution in [3.8, 4) is 22.6 Å². The number of hydrogen-bond acceptors (Lipinski definition) is 6. The molecule has 0 amide bonds. The van der Waals surface area contributed by atoms with Gasteiger partial charge in [0.15, 0.2) is 0 Å². The molecule has 21 heavy (non-hydrogen) atoms. The van der Waals surface area contributed by atoms with Crippen LogP contribution >= 0.6 is 0 Å². The van der Waals surface area contributed by atoms with Crippen LogP contribution in [0.2, 0.25) is 0 Å². The maximum atomic E-state index is 6.14. The van der Waals surface area contributed by atoms with Crippen molar-refractivity contribution in [2.45, 2.75) is 0 Å². The van der Waals surface area contributed by atoms with Crippen molar-refractivity contribution < 1.29 is 0 Å². The lowest BCUT2D eigenvalue weighted by atomic mass is 10.0. The molecule has 0 radical (unpaired) electrons. The van der Waals surface area contributed by atoms with Crippen molar-refractivity contribution in [1.29, 1.82) is 0 Å². The summed E-state index contributed by atoms with van der Waals surface area (Å²) in [6.07, 6.45) is 3.37. The second kappa shape index (κ2) is 5.09. The van der Waals surface area contributed by atoms with Gasteiger partial charge in [0.05, 0.1) is 28.3 Å². The van der Waals surface area contributed by atoms with Crippen molar-refractivity contribution >= 4 is 17.2 Å². The van der Waals surface area contributed by atoms with E-state index in [4.69, 9.17) is 17.2 Å². The fraction of sp³-hybridized carbons (Fsp3) is 0. The molecule has 0 atom stereocenters. The van der Waals surface area contributed by atoms with Crippen LogP contribution in [0.4, 0.5) is 17.2 Å². The van der Waals surface area contributed by atoms with Crippen molar-refractivity contribution in [2.75, 3.05) is 17.2 Å². The average Bonchev–Trinajstić information content (AvgIpc) is 2.54. The molecule has 0 aliphatic carbocycles. The van der Waals surface area contributed by atoms with Gasteiger partial charge in [-0.3, -0.25) is 9.97 Å². The van der Waals surface area contributed by atoms with E-state index in [1.807, 2.05) is 36.4 Å².